The maximum Gasteiger partial charge on any atom is 0.333 e. The maximum atomic E-state index is 13.7. The van der Waals surface area contributed by atoms with Gasteiger partial charge in [0.05, 0.1) is 12.8 Å². The molecule has 20 heavy (non-hydrogen) atoms. The number of hydrogen-bond acceptors (Lipinski definition) is 3. The Hall–Kier alpha value is -1.88. The number of methoxy groups -OCH3 is 1. The first-order valence-electron chi connectivity index (χ1n) is 5.97. The lowest BCUT2D eigenvalue weighted by molar-refractivity contribution is -0.141. The third kappa shape index (κ3) is 3.17. The van der Waals surface area contributed by atoms with Gasteiger partial charge in [0.2, 0.25) is 0 Å². The van der Waals surface area contributed by atoms with Crippen molar-refractivity contribution < 1.29 is 13.9 Å². The molecule has 2 aromatic carbocycles. The third-order valence-corrected chi connectivity index (χ3v) is 3.55. The van der Waals surface area contributed by atoms with Crippen LogP contribution in [-0.4, -0.2) is 13.1 Å². The normalized spacial score (nSPS) is 11.8. The topological polar surface area (TPSA) is 38.3 Å². The molecule has 0 saturated heterocycles. The molecule has 0 aliphatic heterocycles. The lowest BCUT2D eigenvalue weighted by Gasteiger charge is -2.19. The van der Waals surface area contributed by atoms with Gasteiger partial charge in [-0.1, -0.05) is 46.3 Å². The zero-order valence-electron chi connectivity index (χ0n) is 10.8. The van der Waals surface area contributed by atoms with Gasteiger partial charge in [0.1, 0.15) is 5.82 Å². The monoisotopic (exact) mass is 337 g/mol. The number of esters is 1. The number of para-hydroxylation sites is 1. The fraction of sp³-hybridized carbons (Fsp3) is 0.133. The number of carbonyl (C=O) groups is 1. The molecule has 0 aliphatic carbocycles. The third-order valence-electron chi connectivity index (χ3n) is 2.83. The molecule has 0 aromatic heterocycles. The van der Waals surface area contributed by atoms with Crippen LogP contribution in [0, 0.1) is 5.82 Å². The van der Waals surface area contributed by atoms with Crippen LogP contribution in [-0.2, 0) is 9.53 Å². The van der Waals surface area contributed by atoms with Gasteiger partial charge in [-0.05, 0) is 23.8 Å². The Labute approximate surface area is 124 Å². The molecule has 1 N–H and O–H groups in total. The number of rotatable bonds is 4. The number of benzene rings is 2. The van der Waals surface area contributed by atoms with E-state index in [0.29, 0.717) is 5.56 Å². The molecule has 0 bridgehead atoms. The molecular weight excluding hydrogens is 325 g/mol. The first-order chi connectivity index (χ1) is 9.63. The molecule has 0 spiro atoms. The zero-order chi connectivity index (χ0) is 14.5. The van der Waals surface area contributed by atoms with Crippen LogP contribution in [0.3, 0.4) is 0 Å². The summed E-state index contributed by atoms with van der Waals surface area (Å²) >= 11 is 3.38. The molecule has 0 aliphatic rings. The molecule has 3 nitrogen and oxygen atoms in total. The second kappa shape index (κ2) is 6.52. The first kappa shape index (κ1) is 14.5. The molecule has 104 valence electrons. The summed E-state index contributed by atoms with van der Waals surface area (Å²) in [6.45, 7) is 0. The Morgan fingerprint density at radius 2 is 1.85 bits per heavy atom. The summed E-state index contributed by atoms with van der Waals surface area (Å²) in [6, 6.07) is 12.6. The van der Waals surface area contributed by atoms with E-state index in [0.717, 1.165) is 4.47 Å². The van der Waals surface area contributed by atoms with Crippen molar-refractivity contribution in [3.63, 3.8) is 0 Å². The minimum atomic E-state index is -0.785. The highest BCUT2D eigenvalue weighted by atomic mass is 79.9. The Balaban J connectivity index is 2.37. The molecule has 0 fully saturated rings. The summed E-state index contributed by atoms with van der Waals surface area (Å²) in [6.07, 6.45) is 0. The van der Waals surface area contributed by atoms with Crippen molar-refractivity contribution >= 4 is 27.6 Å². The van der Waals surface area contributed by atoms with E-state index in [4.69, 9.17) is 4.74 Å². The molecule has 5 heteroatoms. The van der Waals surface area contributed by atoms with E-state index in [-0.39, 0.29) is 5.69 Å². The number of halogens is 2. The predicted octanol–water partition coefficient (Wildman–Crippen LogP) is 3.91. The van der Waals surface area contributed by atoms with Gasteiger partial charge in [0.25, 0.3) is 0 Å². The largest absolute Gasteiger partial charge is 0.467 e. The number of ether oxygens (including phenoxy) is 1. The first-order valence-corrected chi connectivity index (χ1v) is 6.76. The van der Waals surface area contributed by atoms with E-state index >= 15 is 0 Å². The van der Waals surface area contributed by atoms with Crippen molar-refractivity contribution in [2.75, 3.05) is 12.4 Å². The van der Waals surface area contributed by atoms with Gasteiger partial charge in [-0.3, -0.25) is 0 Å². The highest BCUT2D eigenvalue weighted by Gasteiger charge is 2.24. The lowest BCUT2D eigenvalue weighted by Crippen LogP contribution is -2.23. The van der Waals surface area contributed by atoms with Crippen LogP contribution in [0.15, 0.2) is 53.0 Å². The van der Waals surface area contributed by atoms with Gasteiger partial charge >= 0.3 is 5.97 Å². The molecule has 0 saturated carbocycles. The van der Waals surface area contributed by atoms with Gasteiger partial charge < -0.3 is 10.1 Å². The predicted molar refractivity (Wildman–Crippen MR) is 78.9 cm³/mol. The van der Waals surface area contributed by atoms with Gasteiger partial charge in [-0.2, -0.15) is 0 Å². The molecule has 2 aromatic rings. The number of anilines is 1. The van der Waals surface area contributed by atoms with Crippen molar-refractivity contribution in [2.24, 2.45) is 0 Å². The summed E-state index contributed by atoms with van der Waals surface area (Å²) in [5.41, 5.74) is 0.932. The number of hydrogen-bond donors (Lipinski definition) is 1. The summed E-state index contributed by atoms with van der Waals surface area (Å²) in [5, 5.41) is 2.88. The Morgan fingerprint density at radius 1 is 1.20 bits per heavy atom. The van der Waals surface area contributed by atoms with E-state index in [1.165, 1.54) is 13.2 Å². The van der Waals surface area contributed by atoms with Crippen molar-refractivity contribution in [2.45, 2.75) is 6.04 Å². The van der Waals surface area contributed by atoms with Crippen molar-refractivity contribution in [3.05, 3.63) is 64.4 Å². The van der Waals surface area contributed by atoms with E-state index in [1.54, 1.807) is 30.3 Å². The maximum absolute atomic E-state index is 13.7. The number of carbonyl (C=O) groups excluding carboxylic acids is 1. The molecule has 2 rings (SSSR count). The summed E-state index contributed by atoms with van der Waals surface area (Å²) in [7, 11) is 1.30. The molecule has 1 unspecified atom stereocenters. The fourth-order valence-electron chi connectivity index (χ4n) is 1.82. The quantitative estimate of drug-likeness (QED) is 0.859. The Bertz CT molecular complexity index is 618. The van der Waals surface area contributed by atoms with Crippen LogP contribution in [0.25, 0.3) is 0 Å². The summed E-state index contributed by atoms with van der Waals surface area (Å²) in [4.78, 5) is 12.0. The number of nitrogens with one attached hydrogen (secondary N) is 1. The van der Waals surface area contributed by atoms with Gasteiger partial charge in [-0.15, -0.1) is 0 Å². The molecule has 0 amide bonds. The minimum absolute atomic E-state index is 0.249. The molecular formula is C15H13BrFNO2. The smallest absolute Gasteiger partial charge is 0.333 e. The van der Waals surface area contributed by atoms with E-state index < -0.39 is 17.8 Å². The fourth-order valence-corrected chi connectivity index (χ4v) is 2.34. The van der Waals surface area contributed by atoms with Crippen LogP contribution in [0.5, 0.6) is 0 Å². The van der Waals surface area contributed by atoms with Gasteiger partial charge in [0.15, 0.2) is 6.04 Å². The van der Waals surface area contributed by atoms with Crippen molar-refractivity contribution in [1.82, 2.24) is 0 Å². The van der Waals surface area contributed by atoms with E-state index in [9.17, 15) is 9.18 Å². The SMILES string of the molecule is COC(=O)C(Nc1ccccc1F)c1ccccc1Br. The summed E-state index contributed by atoms with van der Waals surface area (Å²) in [5.74, 6) is -0.909. The second-order valence-electron chi connectivity index (χ2n) is 4.10. The van der Waals surface area contributed by atoms with Crippen molar-refractivity contribution in [1.29, 1.82) is 0 Å². The van der Waals surface area contributed by atoms with E-state index in [1.807, 2.05) is 12.1 Å². The Kier molecular flexibility index (Phi) is 4.74. The molecule has 0 heterocycles. The standard InChI is InChI=1S/C15H13BrFNO2/c1-20-15(19)14(10-6-2-3-7-11(10)16)18-13-9-5-4-8-12(13)17/h2-9,14,18H,1H3. The second-order valence-corrected chi connectivity index (χ2v) is 4.96. The van der Waals surface area contributed by atoms with Gasteiger partial charge in [0, 0.05) is 4.47 Å². The minimum Gasteiger partial charge on any atom is -0.467 e. The van der Waals surface area contributed by atoms with Gasteiger partial charge in [-0.25, -0.2) is 9.18 Å². The van der Waals surface area contributed by atoms with Crippen LogP contribution < -0.4 is 5.32 Å². The Morgan fingerprint density at radius 3 is 2.50 bits per heavy atom. The van der Waals surface area contributed by atoms with Crippen LogP contribution in [0.1, 0.15) is 11.6 Å². The van der Waals surface area contributed by atoms with E-state index in [2.05, 4.69) is 21.2 Å². The zero-order valence-corrected chi connectivity index (χ0v) is 12.4. The van der Waals surface area contributed by atoms with Crippen LogP contribution in [0.2, 0.25) is 0 Å². The van der Waals surface area contributed by atoms with Crippen LogP contribution >= 0.6 is 15.9 Å². The average molecular weight is 338 g/mol. The van der Waals surface area contributed by atoms with Crippen LogP contribution in [0.4, 0.5) is 10.1 Å². The molecule has 0 radical (unpaired) electrons. The molecule has 1 atom stereocenters. The van der Waals surface area contributed by atoms with Crippen molar-refractivity contribution in [3.8, 4) is 0 Å². The summed E-state index contributed by atoms with van der Waals surface area (Å²) < 4.78 is 19.2. The highest BCUT2D eigenvalue weighted by molar-refractivity contribution is 9.10. The lowest BCUT2D eigenvalue weighted by atomic mass is 10.1. The highest BCUT2D eigenvalue weighted by Crippen LogP contribution is 2.28. The average Bonchev–Trinajstić information content (AvgIpc) is 2.47.